The maximum absolute atomic E-state index is 9.11. The number of ether oxygens (including phenoxy) is 1. The van der Waals surface area contributed by atoms with E-state index in [4.69, 9.17) is 15.6 Å². The van der Waals surface area contributed by atoms with Gasteiger partial charge in [0, 0.05) is 12.1 Å². The van der Waals surface area contributed by atoms with Gasteiger partial charge in [-0.15, -0.1) is 0 Å². The second-order valence-electron chi connectivity index (χ2n) is 4.11. The summed E-state index contributed by atoms with van der Waals surface area (Å²) in [5.41, 5.74) is 5.61. The van der Waals surface area contributed by atoms with Crippen LogP contribution in [0.25, 0.3) is 0 Å². The van der Waals surface area contributed by atoms with E-state index in [9.17, 15) is 0 Å². The zero-order valence-electron chi connectivity index (χ0n) is 8.46. The van der Waals surface area contributed by atoms with Crippen molar-refractivity contribution in [2.75, 3.05) is 13.2 Å². The third kappa shape index (κ3) is 3.25. The van der Waals surface area contributed by atoms with Crippen molar-refractivity contribution in [3.63, 3.8) is 0 Å². The molecular weight excluding hydrogens is 166 g/mol. The molecular formula is C10H21NO2. The fourth-order valence-electron chi connectivity index (χ4n) is 1.91. The predicted molar refractivity (Wildman–Crippen MR) is 52.5 cm³/mol. The lowest BCUT2D eigenvalue weighted by Crippen LogP contribution is -2.49. The Morgan fingerprint density at radius 2 is 2.38 bits per heavy atom. The summed E-state index contributed by atoms with van der Waals surface area (Å²) in [5.74, 6) is 0. The maximum atomic E-state index is 9.11. The van der Waals surface area contributed by atoms with Gasteiger partial charge in [-0.25, -0.2) is 0 Å². The van der Waals surface area contributed by atoms with Crippen molar-refractivity contribution in [2.24, 2.45) is 5.73 Å². The normalized spacial score (nSPS) is 34.8. The van der Waals surface area contributed by atoms with Crippen LogP contribution in [-0.2, 0) is 4.74 Å². The van der Waals surface area contributed by atoms with Gasteiger partial charge in [-0.05, 0) is 32.1 Å². The predicted octanol–water partition coefficient (Wildman–Crippen LogP) is 1.05. The summed E-state index contributed by atoms with van der Waals surface area (Å²) in [6, 6.07) is 0. The fraction of sp³-hybridized carbons (Fsp3) is 1.00. The summed E-state index contributed by atoms with van der Waals surface area (Å²) in [4.78, 5) is 0. The molecule has 0 aromatic rings. The monoisotopic (exact) mass is 187 g/mol. The second kappa shape index (κ2) is 4.94. The van der Waals surface area contributed by atoms with E-state index < -0.39 is 0 Å². The molecule has 13 heavy (non-hydrogen) atoms. The number of rotatable bonds is 4. The van der Waals surface area contributed by atoms with Crippen LogP contribution in [0.4, 0.5) is 0 Å². The number of hydrogen-bond acceptors (Lipinski definition) is 3. The first-order chi connectivity index (χ1) is 6.20. The second-order valence-corrected chi connectivity index (χ2v) is 4.11. The highest BCUT2D eigenvalue weighted by molar-refractivity contribution is 4.90. The van der Waals surface area contributed by atoms with Crippen LogP contribution in [0.3, 0.4) is 0 Å². The van der Waals surface area contributed by atoms with Gasteiger partial charge in [-0.1, -0.05) is 6.92 Å². The topological polar surface area (TPSA) is 55.5 Å². The number of aliphatic hydroxyl groups excluding tert-OH is 1. The maximum Gasteiger partial charge on any atom is 0.0612 e. The highest BCUT2D eigenvalue weighted by Gasteiger charge is 2.32. The Morgan fingerprint density at radius 1 is 1.62 bits per heavy atom. The van der Waals surface area contributed by atoms with Gasteiger partial charge in [0.1, 0.15) is 0 Å². The van der Waals surface area contributed by atoms with Crippen LogP contribution in [0.2, 0.25) is 0 Å². The molecule has 3 N–H and O–H groups in total. The molecule has 0 aliphatic heterocycles. The average molecular weight is 187 g/mol. The van der Waals surface area contributed by atoms with Crippen LogP contribution in [0.1, 0.15) is 39.0 Å². The van der Waals surface area contributed by atoms with Crippen molar-refractivity contribution in [1.29, 1.82) is 0 Å². The molecule has 3 nitrogen and oxygen atoms in total. The smallest absolute Gasteiger partial charge is 0.0612 e. The lowest BCUT2D eigenvalue weighted by molar-refractivity contribution is -0.00493. The Hall–Kier alpha value is -0.120. The Labute approximate surface area is 80.3 Å². The summed E-state index contributed by atoms with van der Waals surface area (Å²) in [7, 11) is 0. The van der Waals surface area contributed by atoms with Crippen molar-refractivity contribution in [3.8, 4) is 0 Å². The first-order valence-corrected chi connectivity index (χ1v) is 5.21. The molecule has 0 radical (unpaired) electrons. The summed E-state index contributed by atoms with van der Waals surface area (Å²) >= 11 is 0. The van der Waals surface area contributed by atoms with Gasteiger partial charge in [-0.2, -0.15) is 0 Å². The Balaban J connectivity index is 2.33. The van der Waals surface area contributed by atoms with Crippen LogP contribution in [-0.4, -0.2) is 30.0 Å². The van der Waals surface area contributed by atoms with E-state index in [1.165, 1.54) is 0 Å². The van der Waals surface area contributed by atoms with Crippen molar-refractivity contribution < 1.29 is 9.84 Å². The zero-order chi connectivity index (χ0) is 9.73. The Kier molecular flexibility index (Phi) is 4.16. The molecule has 0 aromatic heterocycles. The molecule has 1 saturated carbocycles. The molecule has 1 aliphatic carbocycles. The minimum absolute atomic E-state index is 0.0823. The molecule has 78 valence electrons. The third-order valence-electron chi connectivity index (χ3n) is 2.71. The van der Waals surface area contributed by atoms with Crippen molar-refractivity contribution in [2.45, 2.75) is 50.7 Å². The third-order valence-corrected chi connectivity index (χ3v) is 2.71. The molecule has 3 heteroatoms. The Morgan fingerprint density at radius 3 is 3.00 bits per heavy atom. The van der Waals surface area contributed by atoms with E-state index in [0.717, 1.165) is 38.7 Å². The molecule has 0 aromatic carbocycles. The van der Waals surface area contributed by atoms with Crippen LogP contribution in [0.5, 0.6) is 0 Å². The Bertz CT molecular complexity index is 152. The van der Waals surface area contributed by atoms with Crippen LogP contribution < -0.4 is 5.73 Å². The fourth-order valence-corrected chi connectivity index (χ4v) is 1.91. The lowest BCUT2D eigenvalue weighted by atomic mass is 9.81. The summed E-state index contributed by atoms with van der Waals surface area (Å²) in [6.07, 6.45) is 5.22. The van der Waals surface area contributed by atoms with Crippen molar-refractivity contribution in [3.05, 3.63) is 0 Å². The van der Waals surface area contributed by atoms with E-state index in [0.29, 0.717) is 0 Å². The highest BCUT2D eigenvalue weighted by atomic mass is 16.5. The van der Waals surface area contributed by atoms with E-state index >= 15 is 0 Å². The summed E-state index contributed by atoms with van der Waals surface area (Å²) in [6.45, 7) is 3.00. The number of nitrogens with two attached hydrogens (primary N) is 1. The van der Waals surface area contributed by atoms with Crippen LogP contribution in [0.15, 0.2) is 0 Å². The lowest BCUT2D eigenvalue weighted by Gasteiger charge is -2.36. The standard InChI is InChI=1S/C10H21NO2/c1-2-6-13-9-4-3-5-10(11,7-9)8-12/h9,12H,2-8,11H2,1H3. The summed E-state index contributed by atoms with van der Waals surface area (Å²) in [5, 5.41) is 9.11. The largest absolute Gasteiger partial charge is 0.394 e. The van der Waals surface area contributed by atoms with Crippen molar-refractivity contribution in [1.82, 2.24) is 0 Å². The van der Waals surface area contributed by atoms with Gasteiger partial charge in [-0.3, -0.25) is 0 Å². The molecule has 1 aliphatic rings. The van der Waals surface area contributed by atoms with E-state index in [-0.39, 0.29) is 18.2 Å². The number of aliphatic hydroxyl groups is 1. The van der Waals surface area contributed by atoms with E-state index in [1.54, 1.807) is 0 Å². The molecule has 2 atom stereocenters. The van der Waals surface area contributed by atoms with Crippen LogP contribution >= 0.6 is 0 Å². The zero-order valence-corrected chi connectivity index (χ0v) is 8.46. The number of hydrogen-bond donors (Lipinski definition) is 2. The average Bonchev–Trinajstić information content (AvgIpc) is 2.15. The minimum Gasteiger partial charge on any atom is -0.394 e. The van der Waals surface area contributed by atoms with Crippen molar-refractivity contribution >= 4 is 0 Å². The van der Waals surface area contributed by atoms with Gasteiger partial charge < -0.3 is 15.6 Å². The van der Waals surface area contributed by atoms with E-state index in [2.05, 4.69) is 6.92 Å². The first kappa shape index (κ1) is 11.0. The molecule has 2 unspecified atom stereocenters. The molecule has 0 bridgehead atoms. The quantitative estimate of drug-likeness (QED) is 0.691. The minimum atomic E-state index is -0.378. The highest BCUT2D eigenvalue weighted by Crippen LogP contribution is 2.27. The molecule has 0 spiro atoms. The molecule has 1 fully saturated rings. The molecule has 0 saturated heterocycles. The van der Waals surface area contributed by atoms with E-state index in [1.807, 2.05) is 0 Å². The van der Waals surface area contributed by atoms with Gasteiger partial charge >= 0.3 is 0 Å². The first-order valence-electron chi connectivity index (χ1n) is 5.21. The van der Waals surface area contributed by atoms with Gasteiger partial charge in [0.2, 0.25) is 0 Å². The molecule has 0 amide bonds. The SMILES string of the molecule is CCCOC1CCCC(N)(CO)C1. The molecule has 0 heterocycles. The summed E-state index contributed by atoms with van der Waals surface area (Å²) < 4.78 is 5.64. The van der Waals surface area contributed by atoms with Gasteiger partial charge in [0.05, 0.1) is 12.7 Å². The molecule has 1 rings (SSSR count). The van der Waals surface area contributed by atoms with Gasteiger partial charge in [0.15, 0.2) is 0 Å². The van der Waals surface area contributed by atoms with Crippen LogP contribution in [0, 0.1) is 0 Å². The van der Waals surface area contributed by atoms with Gasteiger partial charge in [0.25, 0.3) is 0 Å².